The standard InChI is InChI=1S/C31H32ClIN4O7/c1-19(20-5-3-2-4-6-20)28(29(41)34-25-12-9-22(33)17-24(25)32)37-30(42)27(35-31(37)43)21-7-10-23(11-8-21)44-18-26(40)36(13-15-38)14-16-39/h2-12,17,19,28,38-39,42H,13-16,18H2,1H3,(H,34,41)(H,35,43)/t19-,28-/m0/s1. The third-order valence-corrected chi connectivity index (χ3v) is 8.02. The van der Waals surface area contributed by atoms with Crippen LogP contribution in [-0.2, 0) is 9.59 Å². The molecule has 44 heavy (non-hydrogen) atoms. The highest BCUT2D eigenvalue weighted by atomic mass is 127. The summed E-state index contributed by atoms with van der Waals surface area (Å²) >= 11 is 8.48. The normalized spacial score (nSPS) is 12.4. The summed E-state index contributed by atoms with van der Waals surface area (Å²) in [5.41, 5.74) is 0.998. The van der Waals surface area contributed by atoms with E-state index in [1.807, 2.05) is 30.3 Å². The van der Waals surface area contributed by atoms with Gasteiger partial charge in [0.2, 0.25) is 11.8 Å². The van der Waals surface area contributed by atoms with Crippen molar-refractivity contribution in [1.29, 1.82) is 0 Å². The van der Waals surface area contributed by atoms with Crippen LogP contribution in [0, 0.1) is 3.57 Å². The molecule has 0 aliphatic carbocycles. The first kappa shape index (κ1) is 33.1. The molecular formula is C31H32ClIN4O7. The Morgan fingerprint density at radius 3 is 2.32 bits per heavy atom. The minimum absolute atomic E-state index is 0.0744. The Morgan fingerprint density at radius 1 is 1.05 bits per heavy atom. The summed E-state index contributed by atoms with van der Waals surface area (Å²) in [7, 11) is 0. The summed E-state index contributed by atoms with van der Waals surface area (Å²) in [6.07, 6.45) is 0. The number of hydrogen-bond donors (Lipinski definition) is 5. The van der Waals surface area contributed by atoms with Gasteiger partial charge in [0.25, 0.3) is 5.91 Å². The van der Waals surface area contributed by atoms with Gasteiger partial charge in [-0.3, -0.25) is 9.59 Å². The summed E-state index contributed by atoms with van der Waals surface area (Å²) in [6, 6.07) is 19.5. The summed E-state index contributed by atoms with van der Waals surface area (Å²) < 4.78 is 7.47. The average molecular weight is 735 g/mol. The van der Waals surface area contributed by atoms with Crippen molar-refractivity contribution in [3.63, 3.8) is 0 Å². The molecule has 2 amide bonds. The van der Waals surface area contributed by atoms with Crippen molar-refractivity contribution < 1.29 is 29.6 Å². The molecule has 232 valence electrons. The number of aromatic amines is 1. The van der Waals surface area contributed by atoms with Crippen LogP contribution in [0.15, 0.2) is 77.6 Å². The number of carbonyl (C=O) groups is 2. The zero-order chi connectivity index (χ0) is 31.8. The summed E-state index contributed by atoms with van der Waals surface area (Å²) in [6.45, 7) is 1.15. The van der Waals surface area contributed by atoms with Crippen LogP contribution < -0.4 is 15.7 Å². The van der Waals surface area contributed by atoms with E-state index in [1.54, 1.807) is 49.4 Å². The molecule has 4 aromatic rings. The number of H-pyrrole nitrogens is 1. The molecule has 0 radical (unpaired) electrons. The van der Waals surface area contributed by atoms with Crippen molar-refractivity contribution in [3.8, 4) is 22.9 Å². The zero-order valence-electron chi connectivity index (χ0n) is 23.7. The van der Waals surface area contributed by atoms with Crippen LogP contribution in [0.5, 0.6) is 11.6 Å². The average Bonchev–Trinajstić information content (AvgIpc) is 3.31. The van der Waals surface area contributed by atoms with Gasteiger partial charge in [0, 0.05) is 28.1 Å². The molecule has 0 saturated heterocycles. The molecular weight excluding hydrogens is 703 g/mol. The quantitative estimate of drug-likeness (QED) is 0.130. The molecule has 1 aromatic heterocycles. The van der Waals surface area contributed by atoms with E-state index in [2.05, 4.69) is 32.9 Å². The number of nitrogens with one attached hydrogen (secondary N) is 2. The molecule has 5 N–H and O–H groups in total. The third kappa shape index (κ3) is 7.80. The number of benzene rings is 3. The first-order chi connectivity index (χ1) is 21.1. The Bertz CT molecular complexity index is 1640. The van der Waals surface area contributed by atoms with Crippen LogP contribution in [0.25, 0.3) is 11.3 Å². The van der Waals surface area contributed by atoms with Gasteiger partial charge in [-0.15, -0.1) is 0 Å². The molecule has 0 bridgehead atoms. The number of aromatic nitrogens is 2. The van der Waals surface area contributed by atoms with Crippen LogP contribution in [0.1, 0.15) is 24.4 Å². The van der Waals surface area contributed by atoms with Crippen molar-refractivity contribution in [2.75, 3.05) is 38.2 Å². The van der Waals surface area contributed by atoms with Gasteiger partial charge in [0.05, 0.1) is 23.9 Å². The number of nitrogens with zero attached hydrogens (tertiary/aromatic N) is 2. The van der Waals surface area contributed by atoms with Gasteiger partial charge in [0.15, 0.2) is 6.61 Å². The molecule has 3 aromatic carbocycles. The highest BCUT2D eigenvalue weighted by Crippen LogP contribution is 2.36. The number of rotatable bonds is 13. The van der Waals surface area contributed by atoms with Crippen LogP contribution >= 0.6 is 34.2 Å². The van der Waals surface area contributed by atoms with E-state index in [0.717, 1.165) is 13.7 Å². The Kier molecular flexibility index (Phi) is 11.4. The van der Waals surface area contributed by atoms with Crippen LogP contribution in [0.3, 0.4) is 0 Å². The van der Waals surface area contributed by atoms with Crippen molar-refractivity contribution in [2.24, 2.45) is 0 Å². The van der Waals surface area contributed by atoms with Crippen molar-refractivity contribution in [3.05, 3.63) is 97.4 Å². The second-order valence-electron chi connectivity index (χ2n) is 9.90. The van der Waals surface area contributed by atoms with Gasteiger partial charge in [0.1, 0.15) is 17.5 Å². The van der Waals surface area contributed by atoms with E-state index in [4.69, 9.17) is 26.6 Å². The molecule has 2 atom stereocenters. The SMILES string of the molecule is C[C@@H](c1ccccc1)[C@@H](C(=O)Nc1ccc(I)cc1Cl)n1c(O)c(-c2ccc(OCC(=O)N(CCO)CCO)cc2)[nH]c1=O. The maximum Gasteiger partial charge on any atom is 0.329 e. The van der Waals surface area contributed by atoms with Crippen LogP contribution in [-0.4, -0.2) is 74.5 Å². The zero-order valence-corrected chi connectivity index (χ0v) is 26.7. The second-order valence-corrected chi connectivity index (χ2v) is 11.6. The largest absolute Gasteiger partial charge is 0.493 e. The molecule has 0 aliphatic rings. The lowest BCUT2D eigenvalue weighted by atomic mass is 9.92. The maximum absolute atomic E-state index is 13.8. The number of anilines is 1. The highest BCUT2D eigenvalue weighted by Gasteiger charge is 2.33. The Balaban J connectivity index is 1.62. The fourth-order valence-electron chi connectivity index (χ4n) is 4.76. The molecule has 1 heterocycles. The molecule has 13 heteroatoms. The lowest BCUT2D eigenvalue weighted by Gasteiger charge is -2.25. The first-order valence-corrected chi connectivity index (χ1v) is 15.2. The molecule has 0 unspecified atom stereocenters. The fraction of sp³-hybridized carbons (Fsp3) is 0.258. The molecule has 11 nitrogen and oxygen atoms in total. The lowest BCUT2D eigenvalue weighted by molar-refractivity contribution is -0.134. The van der Waals surface area contributed by atoms with Crippen molar-refractivity contribution in [2.45, 2.75) is 18.9 Å². The van der Waals surface area contributed by atoms with E-state index in [9.17, 15) is 19.5 Å². The van der Waals surface area contributed by atoms with E-state index in [1.165, 1.54) is 4.90 Å². The summed E-state index contributed by atoms with van der Waals surface area (Å²) in [5, 5.41) is 32.7. The number of hydrogen-bond acceptors (Lipinski definition) is 7. The fourth-order valence-corrected chi connectivity index (χ4v) is 5.66. The van der Waals surface area contributed by atoms with Gasteiger partial charge < -0.3 is 35.3 Å². The van der Waals surface area contributed by atoms with Gasteiger partial charge in [-0.2, -0.15) is 0 Å². The van der Waals surface area contributed by atoms with Gasteiger partial charge >= 0.3 is 5.69 Å². The Morgan fingerprint density at radius 2 is 1.70 bits per heavy atom. The minimum Gasteiger partial charge on any atom is -0.493 e. The predicted molar refractivity (Wildman–Crippen MR) is 175 cm³/mol. The topological polar surface area (TPSA) is 157 Å². The monoisotopic (exact) mass is 734 g/mol. The number of aliphatic hydroxyl groups is 2. The van der Waals surface area contributed by atoms with E-state index in [0.29, 0.717) is 22.0 Å². The number of carbonyl (C=O) groups excluding carboxylic acids is 2. The number of amides is 2. The molecule has 0 fully saturated rings. The predicted octanol–water partition coefficient (Wildman–Crippen LogP) is 3.98. The maximum atomic E-state index is 13.8. The van der Waals surface area contributed by atoms with Gasteiger partial charge in [-0.1, -0.05) is 48.9 Å². The minimum atomic E-state index is -1.15. The number of halogens is 2. The Labute approximate surface area is 272 Å². The number of aliphatic hydroxyl groups excluding tert-OH is 2. The van der Waals surface area contributed by atoms with E-state index in [-0.39, 0.29) is 38.6 Å². The molecule has 4 rings (SSSR count). The van der Waals surface area contributed by atoms with Crippen LogP contribution in [0.4, 0.5) is 5.69 Å². The van der Waals surface area contributed by atoms with Crippen LogP contribution in [0.2, 0.25) is 5.02 Å². The molecule has 0 saturated carbocycles. The number of imidazole rings is 1. The van der Waals surface area contributed by atoms with E-state index >= 15 is 0 Å². The highest BCUT2D eigenvalue weighted by molar-refractivity contribution is 14.1. The second kappa shape index (κ2) is 15.2. The smallest absolute Gasteiger partial charge is 0.329 e. The summed E-state index contributed by atoms with van der Waals surface area (Å²) in [5.74, 6) is -1.56. The van der Waals surface area contributed by atoms with E-state index < -0.39 is 35.3 Å². The van der Waals surface area contributed by atoms with Gasteiger partial charge in [-0.05, 0) is 70.6 Å². The first-order valence-electron chi connectivity index (χ1n) is 13.7. The van der Waals surface area contributed by atoms with Gasteiger partial charge in [-0.25, -0.2) is 9.36 Å². The third-order valence-electron chi connectivity index (χ3n) is 7.04. The Hall–Kier alpha value is -3.85. The molecule has 0 aliphatic heterocycles. The lowest BCUT2D eigenvalue weighted by Crippen LogP contribution is -2.38. The summed E-state index contributed by atoms with van der Waals surface area (Å²) in [4.78, 5) is 43.4. The number of ether oxygens (including phenoxy) is 1. The number of aromatic hydroxyl groups is 1. The van der Waals surface area contributed by atoms with Crippen molar-refractivity contribution in [1.82, 2.24) is 14.5 Å². The van der Waals surface area contributed by atoms with Crippen molar-refractivity contribution >= 4 is 51.7 Å². The molecule has 0 spiro atoms.